The molecule has 2 aromatic rings. The Balaban J connectivity index is 0.00000120. The molecule has 1 atom stereocenters. The van der Waals surface area contributed by atoms with Gasteiger partial charge in [-0.2, -0.15) is 0 Å². The third-order valence-corrected chi connectivity index (χ3v) is 3.39. The standard InChI is InChI=1S/C14H17N3.ClH/c1-10-4-5-13(17-11-6-8-15-9-11)12-3-2-7-16-14(10)12;/h2-5,7,11,15,17H,6,8-9H2,1H3;1H. The minimum Gasteiger partial charge on any atom is -0.380 e. The molecule has 3 rings (SSSR count). The lowest BCUT2D eigenvalue weighted by Gasteiger charge is -2.15. The van der Waals surface area contributed by atoms with Crippen LogP contribution in [0.15, 0.2) is 30.5 Å². The van der Waals surface area contributed by atoms with Gasteiger partial charge in [-0.15, -0.1) is 12.4 Å². The van der Waals surface area contributed by atoms with Crippen LogP contribution in [-0.2, 0) is 0 Å². The highest BCUT2D eigenvalue weighted by Crippen LogP contribution is 2.25. The summed E-state index contributed by atoms with van der Waals surface area (Å²) in [5.41, 5.74) is 3.53. The molecule has 2 N–H and O–H groups in total. The molecule has 0 amide bonds. The number of halogens is 1. The Hall–Kier alpha value is -1.32. The van der Waals surface area contributed by atoms with Crippen molar-refractivity contribution in [2.24, 2.45) is 0 Å². The van der Waals surface area contributed by atoms with Crippen molar-refractivity contribution in [3.8, 4) is 0 Å². The Labute approximate surface area is 113 Å². The fourth-order valence-corrected chi connectivity index (χ4v) is 2.44. The van der Waals surface area contributed by atoms with Crippen LogP contribution < -0.4 is 10.6 Å². The van der Waals surface area contributed by atoms with Crippen molar-refractivity contribution in [1.82, 2.24) is 10.3 Å². The van der Waals surface area contributed by atoms with Crippen LogP contribution in [-0.4, -0.2) is 24.1 Å². The van der Waals surface area contributed by atoms with Gasteiger partial charge >= 0.3 is 0 Å². The minimum absolute atomic E-state index is 0. The van der Waals surface area contributed by atoms with Gasteiger partial charge in [0, 0.05) is 29.9 Å². The van der Waals surface area contributed by atoms with Crippen LogP contribution in [0.3, 0.4) is 0 Å². The lowest BCUT2D eigenvalue weighted by Crippen LogP contribution is -2.22. The molecule has 1 aromatic heterocycles. The molecule has 1 fully saturated rings. The van der Waals surface area contributed by atoms with Gasteiger partial charge in [0.15, 0.2) is 0 Å². The average molecular weight is 264 g/mol. The van der Waals surface area contributed by atoms with E-state index in [1.165, 1.54) is 23.1 Å². The van der Waals surface area contributed by atoms with Gasteiger partial charge in [0.25, 0.3) is 0 Å². The van der Waals surface area contributed by atoms with E-state index in [0.29, 0.717) is 6.04 Å². The van der Waals surface area contributed by atoms with Gasteiger partial charge in [-0.3, -0.25) is 4.98 Å². The SMILES string of the molecule is Cc1ccc(NC2CCNC2)c2cccnc12.Cl. The van der Waals surface area contributed by atoms with Crippen LogP contribution in [0.4, 0.5) is 5.69 Å². The smallest absolute Gasteiger partial charge is 0.0751 e. The van der Waals surface area contributed by atoms with Crippen LogP contribution in [0.2, 0.25) is 0 Å². The van der Waals surface area contributed by atoms with Gasteiger partial charge in [0.05, 0.1) is 5.52 Å². The Bertz CT molecular complexity index is 536. The Morgan fingerprint density at radius 2 is 2.22 bits per heavy atom. The van der Waals surface area contributed by atoms with Crippen LogP contribution in [0, 0.1) is 6.92 Å². The molecule has 1 aliphatic heterocycles. The lowest BCUT2D eigenvalue weighted by molar-refractivity contribution is 0.794. The number of aryl methyl sites for hydroxylation is 1. The lowest BCUT2D eigenvalue weighted by atomic mass is 10.1. The first-order valence-electron chi connectivity index (χ1n) is 6.16. The van der Waals surface area contributed by atoms with Gasteiger partial charge < -0.3 is 10.6 Å². The largest absolute Gasteiger partial charge is 0.380 e. The van der Waals surface area contributed by atoms with Gasteiger partial charge in [0.2, 0.25) is 0 Å². The zero-order valence-electron chi connectivity index (χ0n) is 10.4. The molecule has 0 radical (unpaired) electrons. The highest BCUT2D eigenvalue weighted by atomic mass is 35.5. The molecule has 0 aliphatic carbocycles. The second-order valence-electron chi connectivity index (χ2n) is 4.66. The van der Waals surface area contributed by atoms with E-state index in [2.05, 4.69) is 40.7 Å². The Kier molecular flexibility index (Phi) is 4.04. The minimum atomic E-state index is 0. The third kappa shape index (κ3) is 2.42. The van der Waals surface area contributed by atoms with Crippen LogP contribution >= 0.6 is 12.4 Å². The molecule has 18 heavy (non-hydrogen) atoms. The maximum Gasteiger partial charge on any atom is 0.0751 e. The monoisotopic (exact) mass is 263 g/mol. The number of benzene rings is 1. The summed E-state index contributed by atoms with van der Waals surface area (Å²) in [5, 5.41) is 8.20. The summed E-state index contributed by atoms with van der Waals surface area (Å²) >= 11 is 0. The van der Waals surface area contributed by atoms with Crippen molar-refractivity contribution in [2.45, 2.75) is 19.4 Å². The first-order valence-corrected chi connectivity index (χ1v) is 6.16. The summed E-state index contributed by atoms with van der Waals surface area (Å²) in [5.74, 6) is 0. The summed E-state index contributed by atoms with van der Waals surface area (Å²) in [6.45, 7) is 4.27. The molecule has 96 valence electrons. The predicted molar refractivity (Wildman–Crippen MR) is 78.6 cm³/mol. The molecule has 1 saturated heterocycles. The van der Waals surface area contributed by atoms with Crippen molar-refractivity contribution in [3.05, 3.63) is 36.0 Å². The average Bonchev–Trinajstić information content (AvgIpc) is 2.86. The highest BCUT2D eigenvalue weighted by molar-refractivity contribution is 5.93. The number of anilines is 1. The second kappa shape index (κ2) is 5.55. The molecule has 0 spiro atoms. The normalized spacial score (nSPS) is 18.6. The number of rotatable bonds is 2. The number of hydrogen-bond acceptors (Lipinski definition) is 3. The van der Waals surface area contributed by atoms with Gasteiger partial charge in [-0.05, 0) is 43.7 Å². The maximum absolute atomic E-state index is 4.46. The summed E-state index contributed by atoms with van der Waals surface area (Å²) in [4.78, 5) is 4.46. The molecular formula is C14H18ClN3. The second-order valence-corrected chi connectivity index (χ2v) is 4.66. The van der Waals surface area contributed by atoms with Crippen LogP contribution in [0.1, 0.15) is 12.0 Å². The number of aromatic nitrogens is 1. The quantitative estimate of drug-likeness (QED) is 0.875. The highest BCUT2D eigenvalue weighted by Gasteiger charge is 2.15. The van der Waals surface area contributed by atoms with E-state index in [-0.39, 0.29) is 12.4 Å². The molecule has 2 heterocycles. The molecule has 0 bridgehead atoms. The van der Waals surface area contributed by atoms with Crippen molar-refractivity contribution in [2.75, 3.05) is 18.4 Å². The van der Waals surface area contributed by atoms with Gasteiger partial charge in [-0.25, -0.2) is 0 Å². The maximum atomic E-state index is 4.46. The van der Waals surface area contributed by atoms with E-state index in [4.69, 9.17) is 0 Å². The number of fused-ring (bicyclic) bond motifs is 1. The van der Waals surface area contributed by atoms with Crippen LogP contribution in [0.25, 0.3) is 10.9 Å². The first-order chi connectivity index (χ1) is 8.34. The van der Waals surface area contributed by atoms with Crippen molar-refractivity contribution < 1.29 is 0 Å². The fourth-order valence-electron chi connectivity index (χ4n) is 2.44. The van der Waals surface area contributed by atoms with E-state index in [1.54, 1.807) is 0 Å². The molecular weight excluding hydrogens is 246 g/mol. The van der Waals surface area contributed by atoms with Crippen molar-refractivity contribution in [1.29, 1.82) is 0 Å². The van der Waals surface area contributed by atoms with E-state index < -0.39 is 0 Å². The topological polar surface area (TPSA) is 37.0 Å². The molecule has 3 nitrogen and oxygen atoms in total. The Morgan fingerprint density at radius 3 is 3.00 bits per heavy atom. The molecule has 1 aromatic carbocycles. The predicted octanol–water partition coefficient (Wildman–Crippen LogP) is 2.74. The zero-order valence-corrected chi connectivity index (χ0v) is 11.3. The summed E-state index contributed by atoms with van der Waals surface area (Å²) in [7, 11) is 0. The molecule has 1 aliphatic rings. The molecule has 0 saturated carbocycles. The number of nitrogens with zero attached hydrogens (tertiary/aromatic N) is 1. The number of nitrogens with one attached hydrogen (secondary N) is 2. The first kappa shape index (κ1) is 13.1. The fraction of sp³-hybridized carbons (Fsp3) is 0.357. The Morgan fingerprint density at radius 1 is 1.33 bits per heavy atom. The number of hydrogen-bond donors (Lipinski definition) is 2. The molecule has 4 heteroatoms. The van der Waals surface area contributed by atoms with E-state index in [0.717, 1.165) is 18.6 Å². The molecule has 1 unspecified atom stereocenters. The summed E-state index contributed by atoms with van der Waals surface area (Å²) in [6, 6.07) is 8.98. The number of pyridine rings is 1. The van der Waals surface area contributed by atoms with Gasteiger partial charge in [0.1, 0.15) is 0 Å². The van der Waals surface area contributed by atoms with Gasteiger partial charge in [-0.1, -0.05) is 6.07 Å². The summed E-state index contributed by atoms with van der Waals surface area (Å²) in [6.07, 6.45) is 3.05. The van der Waals surface area contributed by atoms with Crippen molar-refractivity contribution >= 4 is 29.0 Å². The van der Waals surface area contributed by atoms with E-state index in [1.807, 2.05) is 12.3 Å². The third-order valence-electron chi connectivity index (χ3n) is 3.39. The zero-order chi connectivity index (χ0) is 11.7. The van der Waals surface area contributed by atoms with E-state index >= 15 is 0 Å². The summed E-state index contributed by atoms with van der Waals surface area (Å²) < 4.78 is 0. The van der Waals surface area contributed by atoms with Crippen molar-refractivity contribution in [3.63, 3.8) is 0 Å². The van der Waals surface area contributed by atoms with Crippen LogP contribution in [0.5, 0.6) is 0 Å². The van der Waals surface area contributed by atoms with E-state index in [9.17, 15) is 0 Å².